The van der Waals surface area contributed by atoms with E-state index in [0.717, 1.165) is 29.5 Å². The number of aromatic nitrogens is 1. The molecular weight excluding hydrogens is 342 g/mol. The number of ether oxygens (including phenoxy) is 1. The number of carbonyl (C=O) groups is 2. The zero-order chi connectivity index (χ0) is 18.8. The lowest BCUT2D eigenvalue weighted by atomic mass is 9.88. The molecular formula is C21H27N3O3. The van der Waals surface area contributed by atoms with Gasteiger partial charge >= 0.3 is 0 Å². The predicted molar refractivity (Wildman–Crippen MR) is 104 cm³/mol. The van der Waals surface area contributed by atoms with E-state index in [0.29, 0.717) is 37.8 Å². The standard InChI is InChI=1S/C21H27N3O3/c1-27-17-8-7-16-13-19(22-18(16)14-17)21(26)24-11-9-23(10-12-24)20(25)15-5-3-2-4-6-15/h7-8,13-15,22H,2-6,9-12H2,1H3. The molecule has 0 atom stereocenters. The molecule has 1 aliphatic carbocycles. The maximum atomic E-state index is 12.9. The van der Waals surface area contributed by atoms with Crippen molar-refractivity contribution in [3.8, 4) is 5.75 Å². The van der Waals surface area contributed by atoms with E-state index in [9.17, 15) is 9.59 Å². The second-order valence-corrected chi connectivity index (χ2v) is 7.59. The number of hydrogen-bond donors (Lipinski definition) is 1. The average molecular weight is 369 g/mol. The van der Waals surface area contributed by atoms with Crippen LogP contribution in [0.25, 0.3) is 10.9 Å². The van der Waals surface area contributed by atoms with Gasteiger partial charge in [0.1, 0.15) is 11.4 Å². The molecule has 2 aliphatic rings. The average Bonchev–Trinajstić information content (AvgIpc) is 3.16. The summed E-state index contributed by atoms with van der Waals surface area (Å²) in [6.07, 6.45) is 5.63. The van der Waals surface area contributed by atoms with Crippen LogP contribution in [-0.4, -0.2) is 59.9 Å². The third kappa shape index (κ3) is 3.66. The highest BCUT2D eigenvalue weighted by Crippen LogP contribution is 2.26. The van der Waals surface area contributed by atoms with Gasteiger partial charge in [0.25, 0.3) is 5.91 Å². The molecule has 4 rings (SSSR count). The Labute approximate surface area is 159 Å². The van der Waals surface area contributed by atoms with E-state index in [-0.39, 0.29) is 11.8 Å². The smallest absolute Gasteiger partial charge is 0.270 e. The summed E-state index contributed by atoms with van der Waals surface area (Å²) >= 11 is 0. The van der Waals surface area contributed by atoms with E-state index in [2.05, 4.69) is 4.98 Å². The maximum absolute atomic E-state index is 12.9. The molecule has 0 bridgehead atoms. The van der Waals surface area contributed by atoms with Crippen molar-refractivity contribution in [2.75, 3.05) is 33.3 Å². The van der Waals surface area contributed by atoms with Gasteiger partial charge in [-0.05, 0) is 31.0 Å². The summed E-state index contributed by atoms with van der Waals surface area (Å²) in [6, 6.07) is 7.62. The van der Waals surface area contributed by atoms with Crippen molar-refractivity contribution in [1.82, 2.24) is 14.8 Å². The fourth-order valence-electron chi connectivity index (χ4n) is 4.26. The van der Waals surface area contributed by atoms with Gasteiger partial charge < -0.3 is 19.5 Å². The Morgan fingerprint density at radius 3 is 2.41 bits per heavy atom. The quantitative estimate of drug-likeness (QED) is 0.904. The predicted octanol–water partition coefficient (Wildman–Crippen LogP) is 3.04. The minimum Gasteiger partial charge on any atom is -0.497 e. The lowest BCUT2D eigenvalue weighted by molar-refractivity contribution is -0.138. The van der Waals surface area contributed by atoms with E-state index in [1.54, 1.807) is 7.11 Å². The fraction of sp³-hybridized carbons (Fsp3) is 0.524. The molecule has 2 aromatic rings. The first kappa shape index (κ1) is 17.9. The fourth-order valence-corrected chi connectivity index (χ4v) is 4.26. The topological polar surface area (TPSA) is 65.6 Å². The molecule has 2 fully saturated rings. The molecule has 1 aromatic carbocycles. The van der Waals surface area contributed by atoms with Gasteiger partial charge in [-0.3, -0.25) is 9.59 Å². The third-order valence-corrected chi connectivity index (χ3v) is 5.89. The lowest BCUT2D eigenvalue weighted by Gasteiger charge is -2.37. The molecule has 1 N–H and O–H groups in total. The molecule has 6 heteroatoms. The number of methoxy groups -OCH3 is 1. The van der Waals surface area contributed by atoms with Gasteiger partial charge in [-0.2, -0.15) is 0 Å². The van der Waals surface area contributed by atoms with Gasteiger partial charge in [-0.25, -0.2) is 0 Å². The van der Waals surface area contributed by atoms with Crippen molar-refractivity contribution in [2.24, 2.45) is 5.92 Å². The number of nitrogens with one attached hydrogen (secondary N) is 1. The Hall–Kier alpha value is -2.50. The van der Waals surface area contributed by atoms with E-state index in [1.165, 1.54) is 19.3 Å². The van der Waals surface area contributed by atoms with Crippen molar-refractivity contribution in [2.45, 2.75) is 32.1 Å². The zero-order valence-electron chi connectivity index (χ0n) is 15.9. The summed E-state index contributed by atoms with van der Waals surface area (Å²) < 4.78 is 5.24. The van der Waals surface area contributed by atoms with E-state index < -0.39 is 0 Å². The molecule has 0 radical (unpaired) electrons. The first-order chi connectivity index (χ1) is 13.2. The third-order valence-electron chi connectivity index (χ3n) is 5.89. The number of hydrogen-bond acceptors (Lipinski definition) is 3. The van der Waals surface area contributed by atoms with Crippen molar-refractivity contribution < 1.29 is 14.3 Å². The number of aromatic amines is 1. The first-order valence-corrected chi connectivity index (χ1v) is 9.90. The molecule has 1 saturated carbocycles. The van der Waals surface area contributed by atoms with Crippen molar-refractivity contribution in [3.63, 3.8) is 0 Å². The second kappa shape index (κ2) is 7.62. The highest BCUT2D eigenvalue weighted by molar-refractivity contribution is 5.98. The van der Waals surface area contributed by atoms with Crippen LogP contribution in [-0.2, 0) is 4.79 Å². The molecule has 0 spiro atoms. The molecule has 0 unspecified atom stereocenters. The molecule has 27 heavy (non-hydrogen) atoms. The number of rotatable bonds is 3. The van der Waals surface area contributed by atoms with Crippen LogP contribution in [0.15, 0.2) is 24.3 Å². The number of amides is 2. The largest absolute Gasteiger partial charge is 0.497 e. The minimum atomic E-state index is -0.00469. The molecule has 1 aliphatic heterocycles. The van der Waals surface area contributed by atoms with Gasteiger partial charge in [0.05, 0.1) is 7.11 Å². The van der Waals surface area contributed by atoms with Gasteiger partial charge in [0.2, 0.25) is 5.91 Å². The molecule has 1 saturated heterocycles. The summed E-state index contributed by atoms with van der Waals surface area (Å²) in [4.78, 5) is 32.5. The van der Waals surface area contributed by atoms with Gasteiger partial charge in [-0.1, -0.05) is 19.3 Å². The number of nitrogens with zero attached hydrogens (tertiary/aromatic N) is 2. The number of benzene rings is 1. The van der Waals surface area contributed by atoms with Crippen molar-refractivity contribution in [1.29, 1.82) is 0 Å². The van der Waals surface area contributed by atoms with E-state index in [4.69, 9.17) is 4.74 Å². The maximum Gasteiger partial charge on any atom is 0.270 e. The van der Waals surface area contributed by atoms with Crippen LogP contribution in [0.3, 0.4) is 0 Å². The van der Waals surface area contributed by atoms with Crippen molar-refractivity contribution in [3.05, 3.63) is 30.0 Å². The summed E-state index contributed by atoms with van der Waals surface area (Å²) in [7, 11) is 1.63. The molecule has 6 nitrogen and oxygen atoms in total. The van der Waals surface area contributed by atoms with Crippen LogP contribution in [0.1, 0.15) is 42.6 Å². The Balaban J connectivity index is 1.39. The Kier molecular flexibility index (Phi) is 5.05. The van der Waals surface area contributed by atoms with Crippen LogP contribution in [0.5, 0.6) is 5.75 Å². The van der Waals surface area contributed by atoms with Gasteiger partial charge in [-0.15, -0.1) is 0 Å². The summed E-state index contributed by atoms with van der Waals surface area (Å²) in [5, 5.41) is 0.991. The Bertz CT molecular complexity index is 830. The monoisotopic (exact) mass is 369 g/mol. The summed E-state index contributed by atoms with van der Waals surface area (Å²) in [5.74, 6) is 1.25. The van der Waals surface area contributed by atoms with Gasteiger partial charge in [0.15, 0.2) is 0 Å². The minimum absolute atomic E-state index is 0.00469. The van der Waals surface area contributed by atoms with E-state index in [1.807, 2.05) is 34.1 Å². The zero-order valence-corrected chi connectivity index (χ0v) is 15.9. The highest BCUT2D eigenvalue weighted by Gasteiger charge is 2.30. The molecule has 2 heterocycles. The van der Waals surface area contributed by atoms with Crippen LogP contribution in [0.2, 0.25) is 0 Å². The van der Waals surface area contributed by atoms with Crippen LogP contribution >= 0.6 is 0 Å². The molecule has 144 valence electrons. The van der Waals surface area contributed by atoms with E-state index >= 15 is 0 Å². The lowest BCUT2D eigenvalue weighted by Crippen LogP contribution is -2.52. The van der Waals surface area contributed by atoms with Crippen LogP contribution < -0.4 is 4.74 Å². The first-order valence-electron chi connectivity index (χ1n) is 9.90. The number of piperazine rings is 1. The Morgan fingerprint density at radius 1 is 1.00 bits per heavy atom. The second-order valence-electron chi connectivity index (χ2n) is 7.59. The number of H-pyrrole nitrogens is 1. The number of fused-ring (bicyclic) bond motifs is 1. The summed E-state index contributed by atoms with van der Waals surface area (Å²) in [6.45, 7) is 2.45. The van der Waals surface area contributed by atoms with Crippen LogP contribution in [0, 0.1) is 5.92 Å². The molecule has 1 aromatic heterocycles. The van der Waals surface area contributed by atoms with Crippen LogP contribution in [0.4, 0.5) is 0 Å². The number of carbonyl (C=O) groups excluding carboxylic acids is 2. The van der Waals surface area contributed by atoms with Crippen molar-refractivity contribution >= 4 is 22.7 Å². The summed E-state index contributed by atoms with van der Waals surface area (Å²) in [5.41, 5.74) is 1.48. The molecule has 2 amide bonds. The Morgan fingerprint density at radius 2 is 1.70 bits per heavy atom. The van der Waals surface area contributed by atoms with Gasteiger partial charge in [0, 0.05) is 49.1 Å². The SMILES string of the molecule is COc1ccc2cc(C(=O)N3CCN(C(=O)C4CCCCC4)CC3)[nH]c2c1. The highest BCUT2D eigenvalue weighted by atomic mass is 16.5. The normalized spacial score (nSPS) is 18.7.